The Labute approximate surface area is 125 Å². The predicted molar refractivity (Wildman–Crippen MR) is 87.1 cm³/mol. The molecule has 3 N–H and O–H groups in total. The first-order valence-corrected chi connectivity index (χ1v) is 9.82. The van der Waals surface area contributed by atoms with E-state index in [9.17, 15) is 8.42 Å². The molecule has 2 unspecified atom stereocenters. The number of benzene rings is 1. The van der Waals surface area contributed by atoms with Gasteiger partial charge in [-0.2, -0.15) is 11.8 Å². The Bertz CT molecular complexity index is 573. The third-order valence-electron chi connectivity index (χ3n) is 3.61. The minimum absolute atomic E-state index is 0.208. The molecule has 20 heavy (non-hydrogen) atoms. The summed E-state index contributed by atoms with van der Waals surface area (Å²) in [5, 5.41) is 4.11. The maximum atomic E-state index is 11.7. The summed E-state index contributed by atoms with van der Waals surface area (Å²) in [7, 11) is -3.28. The van der Waals surface area contributed by atoms with E-state index in [1.54, 1.807) is 12.1 Å². The van der Waals surface area contributed by atoms with Gasteiger partial charge in [0, 0.05) is 17.5 Å². The third kappa shape index (κ3) is 3.61. The molecule has 1 fully saturated rings. The number of anilines is 2. The normalized spacial score (nSPS) is 22.9. The highest BCUT2D eigenvalue weighted by molar-refractivity contribution is 7.99. The monoisotopic (exact) mass is 314 g/mol. The van der Waals surface area contributed by atoms with Gasteiger partial charge in [0.15, 0.2) is 9.84 Å². The molecule has 1 aromatic carbocycles. The van der Waals surface area contributed by atoms with Gasteiger partial charge >= 0.3 is 0 Å². The third-order valence-corrected chi connectivity index (χ3v) is 6.00. The molecule has 112 valence electrons. The highest BCUT2D eigenvalue weighted by Crippen LogP contribution is 2.34. The lowest BCUT2D eigenvalue weighted by molar-refractivity contribution is 0.602. The van der Waals surface area contributed by atoms with Crippen LogP contribution in [-0.4, -0.2) is 31.7 Å². The molecule has 0 bridgehead atoms. The first-order chi connectivity index (χ1) is 9.41. The smallest absolute Gasteiger partial charge is 0.177 e. The van der Waals surface area contributed by atoms with Crippen LogP contribution >= 0.6 is 11.8 Å². The summed E-state index contributed by atoms with van der Waals surface area (Å²) in [5.74, 6) is 1.14. The maximum Gasteiger partial charge on any atom is 0.177 e. The minimum Gasteiger partial charge on any atom is -0.396 e. The van der Waals surface area contributed by atoms with Crippen molar-refractivity contribution in [3.05, 3.63) is 18.2 Å². The van der Waals surface area contributed by atoms with Gasteiger partial charge in [0.1, 0.15) is 0 Å². The second-order valence-electron chi connectivity index (χ2n) is 5.22. The van der Waals surface area contributed by atoms with E-state index in [0.717, 1.165) is 24.3 Å². The van der Waals surface area contributed by atoms with Gasteiger partial charge in [-0.15, -0.1) is 0 Å². The van der Waals surface area contributed by atoms with Crippen molar-refractivity contribution in [1.29, 1.82) is 0 Å². The molecule has 2 rings (SSSR count). The zero-order valence-electron chi connectivity index (χ0n) is 11.9. The van der Waals surface area contributed by atoms with Crippen molar-refractivity contribution in [2.45, 2.75) is 42.4 Å². The number of rotatable bonds is 5. The van der Waals surface area contributed by atoms with Gasteiger partial charge in [-0.1, -0.05) is 13.0 Å². The van der Waals surface area contributed by atoms with E-state index in [1.807, 2.05) is 17.8 Å². The average Bonchev–Trinajstić information content (AvgIpc) is 2.78. The van der Waals surface area contributed by atoms with Gasteiger partial charge in [-0.25, -0.2) is 8.42 Å². The standard InChI is InChI=1S/C14H22N2O2S2/c1-3-19-11-8-7-10(9-11)16-12-5-4-6-13(14(12)15)20(2,17)18/h4-6,10-11,16H,3,7-9,15H2,1-2H3. The fraction of sp³-hybridized carbons (Fsp3) is 0.571. The molecule has 1 aromatic rings. The average molecular weight is 314 g/mol. The maximum absolute atomic E-state index is 11.7. The zero-order chi connectivity index (χ0) is 14.8. The number of nitrogens with two attached hydrogens (primary N) is 1. The number of para-hydroxylation sites is 1. The number of hydrogen-bond acceptors (Lipinski definition) is 5. The van der Waals surface area contributed by atoms with Gasteiger partial charge in [-0.3, -0.25) is 0 Å². The Balaban J connectivity index is 2.11. The van der Waals surface area contributed by atoms with E-state index < -0.39 is 9.84 Å². The van der Waals surface area contributed by atoms with E-state index >= 15 is 0 Å². The summed E-state index contributed by atoms with van der Waals surface area (Å²) < 4.78 is 23.3. The highest BCUT2D eigenvalue weighted by atomic mass is 32.2. The summed E-state index contributed by atoms with van der Waals surface area (Å²) in [5.41, 5.74) is 7.07. The highest BCUT2D eigenvalue weighted by Gasteiger charge is 2.25. The second-order valence-corrected chi connectivity index (χ2v) is 8.78. The summed E-state index contributed by atoms with van der Waals surface area (Å²) in [4.78, 5) is 0.208. The molecule has 0 spiro atoms. The first kappa shape index (κ1) is 15.5. The molecule has 0 saturated heterocycles. The van der Waals surface area contributed by atoms with Crippen LogP contribution in [-0.2, 0) is 9.84 Å². The van der Waals surface area contributed by atoms with E-state index in [0.29, 0.717) is 17.0 Å². The van der Waals surface area contributed by atoms with Crippen LogP contribution in [0.3, 0.4) is 0 Å². The van der Waals surface area contributed by atoms with Gasteiger partial charge < -0.3 is 11.1 Å². The number of sulfone groups is 1. The Morgan fingerprint density at radius 1 is 1.40 bits per heavy atom. The number of nitrogens with one attached hydrogen (secondary N) is 1. The van der Waals surface area contributed by atoms with Crippen LogP contribution in [0.15, 0.2) is 23.1 Å². The predicted octanol–water partition coefficient (Wildman–Crippen LogP) is 2.76. The van der Waals surface area contributed by atoms with Crippen LogP contribution in [0.1, 0.15) is 26.2 Å². The van der Waals surface area contributed by atoms with Crippen molar-refractivity contribution < 1.29 is 8.42 Å². The van der Waals surface area contributed by atoms with Crippen LogP contribution in [0.4, 0.5) is 11.4 Å². The van der Waals surface area contributed by atoms with Crippen LogP contribution < -0.4 is 11.1 Å². The molecule has 2 atom stereocenters. The zero-order valence-corrected chi connectivity index (χ0v) is 13.6. The van der Waals surface area contributed by atoms with Crippen molar-refractivity contribution >= 4 is 33.0 Å². The topological polar surface area (TPSA) is 72.2 Å². The molecule has 1 aliphatic carbocycles. The van der Waals surface area contributed by atoms with Crippen LogP contribution in [0.25, 0.3) is 0 Å². The molecule has 0 aliphatic heterocycles. The molecule has 1 saturated carbocycles. The molecule has 6 heteroatoms. The first-order valence-electron chi connectivity index (χ1n) is 6.88. The number of hydrogen-bond donors (Lipinski definition) is 2. The molecular weight excluding hydrogens is 292 g/mol. The lowest BCUT2D eigenvalue weighted by atomic mass is 10.2. The lowest BCUT2D eigenvalue weighted by Crippen LogP contribution is -2.18. The summed E-state index contributed by atoms with van der Waals surface area (Å²) in [6.07, 6.45) is 4.62. The Kier molecular flexibility index (Phi) is 4.86. The molecule has 0 heterocycles. The molecular formula is C14H22N2O2S2. The summed E-state index contributed by atoms with van der Waals surface area (Å²) >= 11 is 2.00. The van der Waals surface area contributed by atoms with Crippen molar-refractivity contribution in [3.8, 4) is 0 Å². The Morgan fingerprint density at radius 3 is 2.80 bits per heavy atom. The van der Waals surface area contributed by atoms with Crippen molar-refractivity contribution in [1.82, 2.24) is 0 Å². The molecule has 0 amide bonds. The molecule has 4 nitrogen and oxygen atoms in total. The van der Waals surface area contributed by atoms with Crippen LogP contribution in [0.5, 0.6) is 0 Å². The van der Waals surface area contributed by atoms with E-state index in [4.69, 9.17) is 5.73 Å². The van der Waals surface area contributed by atoms with E-state index in [1.165, 1.54) is 12.7 Å². The number of nitrogen functional groups attached to an aromatic ring is 1. The van der Waals surface area contributed by atoms with Gasteiger partial charge in [0.25, 0.3) is 0 Å². The van der Waals surface area contributed by atoms with Crippen molar-refractivity contribution in [2.75, 3.05) is 23.1 Å². The van der Waals surface area contributed by atoms with Gasteiger partial charge in [0.2, 0.25) is 0 Å². The lowest BCUT2D eigenvalue weighted by Gasteiger charge is -2.17. The Morgan fingerprint density at radius 2 is 2.15 bits per heavy atom. The number of thioether (sulfide) groups is 1. The fourth-order valence-electron chi connectivity index (χ4n) is 2.67. The van der Waals surface area contributed by atoms with Gasteiger partial charge in [0.05, 0.1) is 16.3 Å². The molecule has 0 radical (unpaired) electrons. The van der Waals surface area contributed by atoms with Crippen molar-refractivity contribution in [2.24, 2.45) is 0 Å². The Hall–Kier alpha value is -0.880. The van der Waals surface area contributed by atoms with Gasteiger partial charge in [-0.05, 0) is 37.1 Å². The molecule has 1 aliphatic rings. The largest absolute Gasteiger partial charge is 0.396 e. The van der Waals surface area contributed by atoms with Crippen LogP contribution in [0, 0.1) is 0 Å². The fourth-order valence-corrected chi connectivity index (χ4v) is 4.65. The SMILES string of the molecule is CCSC1CCC(Nc2cccc(S(C)(=O)=O)c2N)C1. The molecule has 0 aromatic heterocycles. The van der Waals surface area contributed by atoms with Crippen molar-refractivity contribution in [3.63, 3.8) is 0 Å². The van der Waals surface area contributed by atoms with E-state index in [-0.39, 0.29) is 4.90 Å². The second kappa shape index (κ2) is 6.26. The summed E-state index contributed by atoms with van der Waals surface area (Å²) in [6, 6.07) is 5.53. The van der Waals surface area contributed by atoms with Crippen LogP contribution in [0.2, 0.25) is 0 Å². The summed E-state index contributed by atoms with van der Waals surface area (Å²) in [6.45, 7) is 2.18. The quantitative estimate of drug-likeness (QED) is 0.818. The van der Waals surface area contributed by atoms with E-state index in [2.05, 4.69) is 12.2 Å². The minimum atomic E-state index is -3.28.